The zero-order valence-electron chi connectivity index (χ0n) is 16.9. The molecular weight excluding hydrogens is 398 g/mol. The van der Waals surface area contributed by atoms with E-state index in [1.165, 1.54) is 0 Å². The molecule has 1 atom stereocenters. The highest BCUT2D eigenvalue weighted by Gasteiger charge is 2.36. The van der Waals surface area contributed by atoms with Crippen LogP contribution < -0.4 is 4.74 Å². The summed E-state index contributed by atoms with van der Waals surface area (Å²) in [4.78, 5) is 13.3. The van der Waals surface area contributed by atoms with Gasteiger partial charge in [-0.15, -0.1) is 0 Å². The van der Waals surface area contributed by atoms with Crippen molar-refractivity contribution in [3.63, 3.8) is 0 Å². The smallest absolute Gasteiger partial charge is 0.266 e. The lowest BCUT2D eigenvalue weighted by molar-refractivity contribution is -0.125. The maximum atomic E-state index is 13.4. The lowest BCUT2D eigenvalue weighted by atomic mass is 9.88. The Hall–Kier alpha value is -3.12. The van der Waals surface area contributed by atoms with Crippen molar-refractivity contribution in [3.8, 4) is 5.75 Å². The Kier molecular flexibility index (Phi) is 5.35. The molecule has 4 rings (SSSR count). The molecule has 0 aromatic heterocycles. The average Bonchev–Trinajstić information content (AvgIpc) is 2.90. The monoisotopic (exact) mass is 421 g/mol. The molecule has 1 unspecified atom stereocenters. The van der Waals surface area contributed by atoms with Crippen LogP contribution in [0, 0.1) is 6.92 Å². The van der Waals surface area contributed by atoms with E-state index in [9.17, 15) is 13.2 Å². The number of carbonyl (C=O) groups is 1. The first kappa shape index (κ1) is 20.2. The van der Waals surface area contributed by atoms with E-state index in [0.717, 1.165) is 26.6 Å². The van der Waals surface area contributed by atoms with E-state index < -0.39 is 15.9 Å². The molecule has 154 valence electrons. The van der Waals surface area contributed by atoms with Gasteiger partial charge in [0, 0.05) is 12.5 Å². The summed E-state index contributed by atoms with van der Waals surface area (Å²) in [7, 11) is -2.40. The van der Waals surface area contributed by atoms with Crippen molar-refractivity contribution < 1.29 is 17.9 Å². The molecular formula is C24H23NO4S. The number of amides is 1. The number of ether oxygens (including phenoxy) is 1. The molecule has 3 aromatic rings. The molecule has 1 amide bonds. The molecule has 6 heteroatoms. The lowest BCUT2D eigenvalue weighted by Crippen LogP contribution is -2.39. The number of hydrogen-bond donors (Lipinski definition) is 0. The quantitative estimate of drug-likeness (QED) is 0.641. The molecule has 0 radical (unpaired) electrons. The summed E-state index contributed by atoms with van der Waals surface area (Å²) in [5, 5.41) is 0. The highest BCUT2D eigenvalue weighted by atomic mass is 32.2. The van der Waals surface area contributed by atoms with Gasteiger partial charge in [-0.05, 0) is 47.9 Å². The first-order valence-corrected chi connectivity index (χ1v) is 11.2. The molecule has 30 heavy (non-hydrogen) atoms. The van der Waals surface area contributed by atoms with Gasteiger partial charge in [0.05, 0.1) is 18.4 Å². The third-order valence-corrected chi connectivity index (χ3v) is 7.31. The minimum Gasteiger partial charge on any atom is -0.497 e. The maximum Gasteiger partial charge on any atom is 0.266 e. The average molecular weight is 422 g/mol. The molecule has 0 bridgehead atoms. The number of nitrogens with zero attached hydrogens (tertiary/aromatic N) is 1. The second-order valence-electron chi connectivity index (χ2n) is 7.45. The minimum atomic E-state index is -3.97. The minimum absolute atomic E-state index is 0.000951. The summed E-state index contributed by atoms with van der Waals surface area (Å²) in [6.45, 7) is 1.95. The van der Waals surface area contributed by atoms with Gasteiger partial charge in [0.25, 0.3) is 10.0 Å². The van der Waals surface area contributed by atoms with Gasteiger partial charge in [0.15, 0.2) is 0 Å². The summed E-state index contributed by atoms with van der Waals surface area (Å²) >= 11 is 0. The number of methoxy groups -OCH3 is 1. The van der Waals surface area contributed by atoms with E-state index in [4.69, 9.17) is 4.74 Å². The zero-order valence-corrected chi connectivity index (χ0v) is 17.7. The van der Waals surface area contributed by atoms with Gasteiger partial charge in [-0.3, -0.25) is 4.79 Å². The van der Waals surface area contributed by atoms with Crippen molar-refractivity contribution >= 4 is 15.9 Å². The van der Waals surface area contributed by atoms with E-state index in [1.807, 2.05) is 55.5 Å². The summed E-state index contributed by atoms with van der Waals surface area (Å²) < 4.78 is 33.1. The van der Waals surface area contributed by atoms with Crippen LogP contribution in [0.25, 0.3) is 0 Å². The topological polar surface area (TPSA) is 63.7 Å². The summed E-state index contributed by atoms with van der Waals surface area (Å²) in [6.07, 6.45) is 0.000951. The van der Waals surface area contributed by atoms with Crippen molar-refractivity contribution in [2.24, 2.45) is 0 Å². The normalized spacial score (nSPS) is 16.7. The second kappa shape index (κ2) is 7.95. The number of benzene rings is 3. The van der Waals surface area contributed by atoms with E-state index in [0.29, 0.717) is 5.75 Å². The summed E-state index contributed by atoms with van der Waals surface area (Å²) in [5.74, 6) is -0.0644. The van der Waals surface area contributed by atoms with Gasteiger partial charge in [-0.2, -0.15) is 0 Å². The van der Waals surface area contributed by atoms with E-state index in [-0.39, 0.29) is 23.8 Å². The molecule has 1 heterocycles. The Balaban J connectivity index is 1.83. The molecule has 0 spiro atoms. The first-order valence-electron chi connectivity index (χ1n) is 9.74. The number of hydrogen-bond acceptors (Lipinski definition) is 4. The molecule has 0 N–H and O–H groups in total. The van der Waals surface area contributed by atoms with E-state index >= 15 is 0 Å². The largest absolute Gasteiger partial charge is 0.497 e. The number of fused-ring (bicyclic) bond motifs is 1. The zero-order chi connectivity index (χ0) is 21.3. The standard InChI is InChI=1S/C24H23NO4S/c1-17-8-11-21(12-9-17)30(27,28)25-16-23(18-6-4-3-5-7-18)22-13-10-20(29-2)14-19(22)15-24(25)26/h3-14,23H,15-16H2,1-2H3. The molecule has 0 saturated carbocycles. The second-order valence-corrected chi connectivity index (χ2v) is 9.31. The van der Waals surface area contributed by atoms with Gasteiger partial charge in [0.1, 0.15) is 5.75 Å². The molecule has 5 nitrogen and oxygen atoms in total. The SMILES string of the molecule is COc1ccc2c(c1)CC(=O)N(S(=O)(=O)c1ccc(C)cc1)CC2c1ccccc1. The number of sulfonamides is 1. The van der Waals surface area contributed by atoms with Crippen molar-refractivity contribution in [2.75, 3.05) is 13.7 Å². The Morgan fingerprint density at radius 3 is 2.33 bits per heavy atom. The van der Waals surface area contributed by atoms with E-state index in [1.54, 1.807) is 31.4 Å². The predicted octanol–water partition coefficient (Wildman–Crippen LogP) is 3.91. The summed E-state index contributed by atoms with van der Waals surface area (Å²) in [5.41, 5.74) is 3.65. The van der Waals surface area contributed by atoms with Gasteiger partial charge in [0.2, 0.25) is 5.91 Å². The van der Waals surface area contributed by atoms with Crippen LogP contribution in [0.3, 0.4) is 0 Å². The van der Waals surface area contributed by atoms with Crippen molar-refractivity contribution in [1.82, 2.24) is 4.31 Å². The Morgan fingerprint density at radius 1 is 0.967 bits per heavy atom. The number of carbonyl (C=O) groups excluding carboxylic acids is 1. The van der Waals surface area contributed by atoms with Crippen LogP contribution in [0.15, 0.2) is 77.7 Å². The van der Waals surface area contributed by atoms with Crippen LogP contribution in [-0.2, 0) is 21.2 Å². The first-order chi connectivity index (χ1) is 14.4. The van der Waals surface area contributed by atoms with Gasteiger partial charge in [-0.25, -0.2) is 12.7 Å². The fourth-order valence-electron chi connectivity index (χ4n) is 3.86. The number of aryl methyl sites for hydroxylation is 1. The van der Waals surface area contributed by atoms with Crippen LogP contribution >= 0.6 is 0 Å². The highest BCUT2D eigenvalue weighted by Crippen LogP contribution is 2.35. The molecule has 3 aromatic carbocycles. The van der Waals surface area contributed by atoms with Crippen molar-refractivity contribution in [3.05, 3.63) is 95.1 Å². The van der Waals surface area contributed by atoms with Gasteiger partial charge >= 0.3 is 0 Å². The molecule has 1 aliphatic rings. The Labute approximate surface area is 177 Å². The third kappa shape index (κ3) is 3.71. The maximum absolute atomic E-state index is 13.4. The van der Waals surface area contributed by atoms with E-state index in [2.05, 4.69) is 0 Å². The fourth-order valence-corrected chi connectivity index (χ4v) is 5.27. The van der Waals surface area contributed by atoms with Crippen LogP contribution in [0.5, 0.6) is 5.75 Å². The fraction of sp³-hybridized carbons (Fsp3) is 0.208. The van der Waals surface area contributed by atoms with Crippen LogP contribution in [0.4, 0.5) is 0 Å². The van der Waals surface area contributed by atoms with Crippen LogP contribution in [0.1, 0.15) is 28.2 Å². The summed E-state index contributed by atoms with van der Waals surface area (Å²) in [6, 6.07) is 21.9. The van der Waals surface area contributed by atoms with Gasteiger partial charge < -0.3 is 4.74 Å². The molecule has 0 fully saturated rings. The number of rotatable bonds is 4. The third-order valence-electron chi connectivity index (χ3n) is 5.50. The lowest BCUT2D eigenvalue weighted by Gasteiger charge is -2.25. The van der Waals surface area contributed by atoms with Gasteiger partial charge in [-0.1, -0.05) is 54.1 Å². The van der Waals surface area contributed by atoms with Crippen LogP contribution in [-0.4, -0.2) is 32.3 Å². The Morgan fingerprint density at radius 2 is 1.67 bits per heavy atom. The Bertz CT molecular complexity index is 1170. The van der Waals surface area contributed by atoms with Crippen LogP contribution in [0.2, 0.25) is 0 Å². The molecule has 1 aliphatic heterocycles. The molecule has 0 aliphatic carbocycles. The van der Waals surface area contributed by atoms with Crippen molar-refractivity contribution in [2.45, 2.75) is 24.2 Å². The van der Waals surface area contributed by atoms with Crippen molar-refractivity contribution in [1.29, 1.82) is 0 Å². The highest BCUT2D eigenvalue weighted by molar-refractivity contribution is 7.89. The predicted molar refractivity (Wildman–Crippen MR) is 115 cm³/mol. The molecule has 0 saturated heterocycles.